The largest absolute Gasteiger partial charge is 0.379 e. The van der Waals surface area contributed by atoms with Gasteiger partial charge < -0.3 is 9.30 Å². The summed E-state index contributed by atoms with van der Waals surface area (Å²) in [6, 6.07) is 14.6. The average molecular weight is 370 g/mol. The Kier molecular flexibility index (Phi) is 5.25. The van der Waals surface area contributed by atoms with Crippen molar-refractivity contribution in [3.8, 4) is 11.4 Å². The Hall–Kier alpha value is -1.88. The van der Waals surface area contributed by atoms with E-state index in [0.29, 0.717) is 0 Å². The molecule has 0 bridgehead atoms. The molecular formula is C21H24ClN3O. The smallest absolute Gasteiger partial charge is 0.141 e. The fourth-order valence-corrected chi connectivity index (χ4v) is 3.70. The van der Waals surface area contributed by atoms with Crippen molar-refractivity contribution in [3.05, 3.63) is 53.1 Å². The standard InChI is InChI=1S/C21H24ClN3O/c1-16-3-5-17(6-4-16)21-23-19-15-18(22)7-8-20(19)25(21)10-2-9-24-11-13-26-14-12-24/h3-8,15H,2,9-14H2,1H3. The Bertz CT molecular complexity index is 882. The molecular weight excluding hydrogens is 346 g/mol. The molecule has 136 valence electrons. The van der Waals surface area contributed by atoms with Gasteiger partial charge in [-0.3, -0.25) is 4.90 Å². The molecule has 1 fully saturated rings. The summed E-state index contributed by atoms with van der Waals surface area (Å²) in [6.45, 7) is 7.90. The molecule has 2 heterocycles. The molecule has 2 aromatic carbocycles. The molecule has 0 amide bonds. The number of rotatable bonds is 5. The van der Waals surface area contributed by atoms with Gasteiger partial charge in [-0.1, -0.05) is 41.4 Å². The van der Waals surface area contributed by atoms with E-state index in [-0.39, 0.29) is 0 Å². The fourth-order valence-electron chi connectivity index (χ4n) is 3.53. The second-order valence-corrected chi connectivity index (χ2v) is 7.33. The van der Waals surface area contributed by atoms with E-state index >= 15 is 0 Å². The molecule has 4 nitrogen and oxygen atoms in total. The molecule has 0 atom stereocenters. The van der Waals surface area contributed by atoms with Gasteiger partial charge in [-0.15, -0.1) is 0 Å². The second-order valence-electron chi connectivity index (χ2n) is 6.89. The minimum atomic E-state index is 0.728. The van der Waals surface area contributed by atoms with Gasteiger partial charge in [0.25, 0.3) is 0 Å². The van der Waals surface area contributed by atoms with Gasteiger partial charge in [0.1, 0.15) is 5.82 Å². The van der Waals surface area contributed by atoms with Crippen LogP contribution in [0.25, 0.3) is 22.4 Å². The lowest BCUT2D eigenvalue weighted by Crippen LogP contribution is -2.37. The van der Waals surface area contributed by atoms with Crippen molar-refractivity contribution in [1.29, 1.82) is 0 Å². The summed E-state index contributed by atoms with van der Waals surface area (Å²) in [5.74, 6) is 1.02. The summed E-state index contributed by atoms with van der Waals surface area (Å²) in [6.07, 6.45) is 1.09. The first kappa shape index (κ1) is 17.5. The molecule has 1 aliphatic heterocycles. The lowest BCUT2D eigenvalue weighted by atomic mass is 10.1. The average Bonchev–Trinajstić information content (AvgIpc) is 3.01. The van der Waals surface area contributed by atoms with E-state index in [1.807, 2.05) is 12.1 Å². The zero-order valence-corrected chi connectivity index (χ0v) is 15.9. The van der Waals surface area contributed by atoms with Crippen LogP contribution in [0.1, 0.15) is 12.0 Å². The van der Waals surface area contributed by atoms with Crippen molar-refractivity contribution >= 4 is 22.6 Å². The highest BCUT2D eigenvalue weighted by Crippen LogP contribution is 2.27. The van der Waals surface area contributed by atoms with Crippen LogP contribution in [-0.4, -0.2) is 47.3 Å². The second kappa shape index (κ2) is 7.78. The van der Waals surface area contributed by atoms with Gasteiger partial charge in [0.05, 0.1) is 24.2 Å². The van der Waals surface area contributed by atoms with Gasteiger partial charge in [-0.25, -0.2) is 4.98 Å². The molecule has 4 rings (SSSR count). The molecule has 3 aromatic rings. The number of fused-ring (bicyclic) bond motifs is 1. The van der Waals surface area contributed by atoms with E-state index in [0.717, 1.165) is 73.3 Å². The quantitative estimate of drug-likeness (QED) is 0.668. The zero-order chi connectivity index (χ0) is 17.9. The maximum absolute atomic E-state index is 6.19. The maximum Gasteiger partial charge on any atom is 0.141 e. The molecule has 0 radical (unpaired) electrons. The lowest BCUT2D eigenvalue weighted by Gasteiger charge is -2.26. The number of aryl methyl sites for hydroxylation is 2. The number of aromatic nitrogens is 2. The summed E-state index contributed by atoms with van der Waals surface area (Å²) in [5.41, 5.74) is 4.51. The molecule has 5 heteroatoms. The Labute approximate surface area is 159 Å². The van der Waals surface area contributed by atoms with Gasteiger partial charge in [0.15, 0.2) is 0 Å². The molecule has 0 saturated carbocycles. The topological polar surface area (TPSA) is 30.3 Å². The van der Waals surface area contributed by atoms with Crippen molar-refractivity contribution in [2.75, 3.05) is 32.8 Å². The van der Waals surface area contributed by atoms with E-state index in [9.17, 15) is 0 Å². The summed E-state index contributed by atoms with van der Waals surface area (Å²) in [7, 11) is 0. The predicted molar refractivity (Wildman–Crippen MR) is 107 cm³/mol. The molecule has 0 unspecified atom stereocenters. The summed E-state index contributed by atoms with van der Waals surface area (Å²) in [4.78, 5) is 7.36. The van der Waals surface area contributed by atoms with Crippen LogP contribution in [0.5, 0.6) is 0 Å². The predicted octanol–water partition coefficient (Wildman–Crippen LogP) is 4.39. The Morgan fingerprint density at radius 3 is 2.58 bits per heavy atom. The Morgan fingerprint density at radius 2 is 1.81 bits per heavy atom. The monoisotopic (exact) mass is 369 g/mol. The van der Waals surface area contributed by atoms with Crippen LogP contribution in [0.3, 0.4) is 0 Å². The highest BCUT2D eigenvalue weighted by Gasteiger charge is 2.14. The van der Waals surface area contributed by atoms with E-state index in [4.69, 9.17) is 21.3 Å². The number of benzene rings is 2. The third-order valence-corrected chi connectivity index (χ3v) is 5.21. The van der Waals surface area contributed by atoms with Crippen LogP contribution in [0.15, 0.2) is 42.5 Å². The number of morpholine rings is 1. The van der Waals surface area contributed by atoms with E-state index in [1.54, 1.807) is 0 Å². The van der Waals surface area contributed by atoms with Crippen LogP contribution in [0.4, 0.5) is 0 Å². The Morgan fingerprint density at radius 1 is 1.04 bits per heavy atom. The van der Waals surface area contributed by atoms with E-state index < -0.39 is 0 Å². The number of hydrogen-bond acceptors (Lipinski definition) is 3. The molecule has 26 heavy (non-hydrogen) atoms. The normalized spacial score (nSPS) is 15.6. The van der Waals surface area contributed by atoms with Crippen molar-refractivity contribution < 1.29 is 4.74 Å². The maximum atomic E-state index is 6.19. The number of nitrogens with zero attached hydrogens (tertiary/aromatic N) is 3. The minimum absolute atomic E-state index is 0.728. The zero-order valence-electron chi connectivity index (χ0n) is 15.1. The van der Waals surface area contributed by atoms with Gasteiger partial charge in [0.2, 0.25) is 0 Å². The highest BCUT2D eigenvalue weighted by molar-refractivity contribution is 6.31. The van der Waals surface area contributed by atoms with E-state index in [2.05, 4.69) is 46.7 Å². The number of halogens is 1. The van der Waals surface area contributed by atoms with Gasteiger partial charge in [-0.05, 0) is 31.5 Å². The molecule has 1 aliphatic rings. The van der Waals surface area contributed by atoms with Crippen LogP contribution in [0.2, 0.25) is 5.02 Å². The van der Waals surface area contributed by atoms with Crippen molar-refractivity contribution in [3.63, 3.8) is 0 Å². The van der Waals surface area contributed by atoms with Crippen molar-refractivity contribution in [2.45, 2.75) is 19.9 Å². The highest BCUT2D eigenvalue weighted by atomic mass is 35.5. The van der Waals surface area contributed by atoms with E-state index in [1.165, 1.54) is 5.56 Å². The summed E-state index contributed by atoms with van der Waals surface area (Å²) >= 11 is 6.19. The van der Waals surface area contributed by atoms with Crippen LogP contribution < -0.4 is 0 Å². The number of imidazole rings is 1. The van der Waals surface area contributed by atoms with Gasteiger partial charge in [-0.2, -0.15) is 0 Å². The fraction of sp³-hybridized carbons (Fsp3) is 0.381. The third kappa shape index (κ3) is 3.78. The van der Waals surface area contributed by atoms with Crippen LogP contribution in [0, 0.1) is 6.92 Å². The first-order valence-corrected chi connectivity index (χ1v) is 9.61. The molecule has 0 aliphatic carbocycles. The third-order valence-electron chi connectivity index (χ3n) is 4.98. The first-order valence-electron chi connectivity index (χ1n) is 9.24. The number of hydrogen-bond donors (Lipinski definition) is 0. The first-order chi connectivity index (χ1) is 12.7. The van der Waals surface area contributed by atoms with Crippen LogP contribution >= 0.6 is 11.6 Å². The SMILES string of the molecule is Cc1ccc(-c2nc3cc(Cl)ccc3n2CCCN2CCOCC2)cc1. The summed E-state index contributed by atoms with van der Waals surface area (Å²) in [5, 5.41) is 0.728. The summed E-state index contributed by atoms with van der Waals surface area (Å²) < 4.78 is 7.77. The molecule has 1 saturated heterocycles. The Balaban J connectivity index is 1.62. The van der Waals surface area contributed by atoms with Crippen molar-refractivity contribution in [1.82, 2.24) is 14.5 Å². The molecule has 0 spiro atoms. The number of ether oxygens (including phenoxy) is 1. The van der Waals surface area contributed by atoms with Gasteiger partial charge in [0, 0.05) is 36.8 Å². The van der Waals surface area contributed by atoms with Crippen LogP contribution in [-0.2, 0) is 11.3 Å². The van der Waals surface area contributed by atoms with Crippen molar-refractivity contribution in [2.24, 2.45) is 0 Å². The lowest BCUT2D eigenvalue weighted by molar-refractivity contribution is 0.0370. The molecule has 1 aromatic heterocycles. The van der Waals surface area contributed by atoms with Gasteiger partial charge >= 0.3 is 0 Å². The minimum Gasteiger partial charge on any atom is -0.379 e. The molecule has 0 N–H and O–H groups in total.